The van der Waals surface area contributed by atoms with Crippen LogP contribution in [0.15, 0.2) is 11.5 Å². The summed E-state index contributed by atoms with van der Waals surface area (Å²) in [5.74, 6) is 2.59. The molecule has 0 fully saturated rings. The number of thioether (sulfide) groups is 1. The van der Waals surface area contributed by atoms with Gasteiger partial charge in [-0.1, -0.05) is 11.8 Å². The fourth-order valence-corrected chi connectivity index (χ4v) is 2.27. The maximum atomic E-state index is 4.14. The van der Waals surface area contributed by atoms with Gasteiger partial charge in [0.15, 0.2) is 5.16 Å². The van der Waals surface area contributed by atoms with Crippen molar-refractivity contribution in [1.29, 1.82) is 0 Å². The molecule has 7 nitrogen and oxygen atoms in total. The van der Waals surface area contributed by atoms with Crippen LogP contribution in [-0.4, -0.2) is 36.6 Å². The van der Waals surface area contributed by atoms with Crippen LogP contribution in [0.5, 0.6) is 0 Å². The minimum Gasteiger partial charge on any atom is -0.320 e. The van der Waals surface area contributed by atoms with Gasteiger partial charge >= 0.3 is 0 Å². The number of rotatable bonds is 5. The van der Waals surface area contributed by atoms with E-state index in [-0.39, 0.29) is 0 Å². The first-order chi connectivity index (χ1) is 8.22. The lowest BCUT2D eigenvalue weighted by atomic mass is 10.6. The molecule has 2 heterocycles. The number of nitrogens with zero attached hydrogens (tertiary/aromatic N) is 6. The van der Waals surface area contributed by atoms with E-state index in [4.69, 9.17) is 0 Å². The van der Waals surface area contributed by atoms with Crippen LogP contribution in [0, 0.1) is 0 Å². The number of hydrogen-bond donors (Lipinski definition) is 1. The Hall–Kier alpha value is -1.41. The van der Waals surface area contributed by atoms with Crippen molar-refractivity contribution in [3.63, 3.8) is 0 Å². The average Bonchev–Trinajstić information content (AvgIpc) is 2.86. The minimum absolute atomic E-state index is 0.716. The van der Waals surface area contributed by atoms with E-state index in [2.05, 4.69) is 25.7 Å². The summed E-state index contributed by atoms with van der Waals surface area (Å²) >= 11 is 1.60. The van der Waals surface area contributed by atoms with Crippen molar-refractivity contribution in [2.24, 2.45) is 14.1 Å². The molecule has 0 atom stereocenters. The molecule has 0 unspecified atom stereocenters. The molecule has 0 aromatic carbocycles. The van der Waals surface area contributed by atoms with E-state index >= 15 is 0 Å². The van der Waals surface area contributed by atoms with Crippen molar-refractivity contribution in [3.05, 3.63) is 18.0 Å². The molecular formula is C9H15N7S. The molecule has 2 aromatic rings. The first kappa shape index (κ1) is 12.1. The molecule has 92 valence electrons. The number of aromatic nitrogens is 6. The molecule has 0 spiro atoms. The van der Waals surface area contributed by atoms with Crippen molar-refractivity contribution in [3.8, 4) is 0 Å². The highest BCUT2D eigenvalue weighted by Crippen LogP contribution is 2.19. The van der Waals surface area contributed by atoms with E-state index in [1.165, 1.54) is 0 Å². The summed E-state index contributed by atoms with van der Waals surface area (Å²) in [6.07, 6.45) is 1.69. The Balaban J connectivity index is 2.02. The second-order valence-electron chi connectivity index (χ2n) is 3.63. The molecular weight excluding hydrogens is 238 g/mol. The van der Waals surface area contributed by atoms with Gasteiger partial charge in [0.25, 0.3) is 0 Å². The zero-order chi connectivity index (χ0) is 12.3. The molecule has 0 aliphatic rings. The van der Waals surface area contributed by atoms with Crippen LogP contribution < -0.4 is 5.32 Å². The standard InChI is InChI=1S/C9H15N7S/c1-10-4-7-13-14-9(16(7)3)17-5-8-12-11-6-15(8)2/h6,10H,4-5H2,1-3H3. The van der Waals surface area contributed by atoms with Gasteiger partial charge in [-0.25, -0.2) is 0 Å². The summed E-state index contributed by atoms with van der Waals surface area (Å²) in [6.45, 7) is 0.716. The van der Waals surface area contributed by atoms with Gasteiger partial charge in [-0.3, -0.25) is 0 Å². The van der Waals surface area contributed by atoms with E-state index in [1.807, 2.05) is 30.3 Å². The lowest BCUT2D eigenvalue weighted by Gasteiger charge is -2.02. The topological polar surface area (TPSA) is 73.5 Å². The van der Waals surface area contributed by atoms with Gasteiger partial charge in [-0.2, -0.15) is 0 Å². The quantitative estimate of drug-likeness (QED) is 0.754. The lowest BCUT2D eigenvalue weighted by Crippen LogP contribution is -2.10. The van der Waals surface area contributed by atoms with Gasteiger partial charge in [0.1, 0.15) is 18.0 Å². The van der Waals surface area contributed by atoms with Crippen molar-refractivity contribution in [2.45, 2.75) is 17.5 Å². The zero-order valence-electron chi connectivity index (χ0n) is 10.1. The summed E-state index contributed by atoms with van der Waals surface area (Å²) in [7, 11) is 5.78. The fourth-order valence-electron chi connectivity index (χ4n) is 1.35. The average molecular weight is 253 g/mol. The van der Waals surface area contributed by atoms with Crippen LogP contribution in [-0.2, 0) is 26.4 Å². The molecule has 0 saturated heterocycles. The largest absolute Gasteiger partial charge is 0.320 e. The van der Waals surface area contributed by atoms with Crippen molar-refractivity contribution >= 4 is 11.8 Å². The fraction of sp³-hybridized carbons (Fsp3) is 0.556. The molecule has 0 bridgehead atoms. The van der Waals surface area contributed by atoms with E-state index in [0.29, 0.717) is 6.54 Å². The molecule has 1 N–H and O–H groups in total. The van der Waals surface area contributed by atoms with Gasteiger partial charge in [0.05, 0.1) is 12.3 Å². The smallest absolute Gasteiger partial charge is 0.191 e. The molecule has 2 aromatic heterocycles. The zero-order valence-corrected chi connectivity index (χ0v) is 10.9. The van der Waals surface area contributed by atoms with Crippen LogP contribution in [0.2, 0.25) is 0 Å². The maximum Gasteiger partial charge on any atom is 0.191 e. The van der Waals surface area contributed by atoms with Crippen molar-refractivity contribution in [1.82, 2.24) is 34.8 Å². The number of nitrogens with one attached hydrogen (secondary N) is 1. The maximum absolute atomic E-state index is 4.14. The Morgan fingerprint density at radius 3 is 2.71 bits per heavy atom. The molecule has 0 aliphatic heterocycles. The Morgan fingerprint density at radius 2 is 2.06 bits per heavy atom. The highest BCUT2D eigenvalue weighted by atomic mass is 32.2. The first-order valence-electron chi connectivity index (χ1n) is 5.21. The molecule has 0 radical (unpaired) electrons. The highest BCUT2D eigenvalue weighted by Gasteiger charge is 2.10. The van der Waals surface area contributed by atoms with Crippen LogP contribution in [0.25, 0.3) is 0 Å². The van der Waals surface area contributed by atoms with Crippen molar-refractivity contribution < 1.29 is 0 Å². The highest BCUT2D eigenvalue weighted by molar-refractivity contribution is 7.98. The van der Waals surface area contributed by atoms with Gasteiger partial charge in [-0.15, -0.1) is 20.4 Å². The van der Waals surface area contributed by atoms with E-state index in [0.717, 1.165) is 22.6 Å². The predicted molar refractivity (Wildman–Crippen MR) is 64.3 cm³/mol. The monoisotopic (exact) mass is 253 g/mol. The van der Waals surface area contributed by atoms with Crippen LogP contribution in [0.4, 0.5) is 0 Å². The van der Waals surface area contributed by atoms with Gasteiger partial charge in [0.2, 0.25) is 0 Å². The molecule has 0 aliphatic carbocycles. The summed E-state index contributed by atoms with van der Waals surface area (Å²) in [5.41, 5.74) is 0. The Bertz CT molecular complexity index is 489. The van der Waals surface area contributed by atoms with Crippen LogP contribution >= 0.6 is 11.8 Å². The second kappa shape index (κ2) is 5.28. The van der Waals surface area contributed by atoms with Gasteiger partial charge in [0, 0.05) is 14.1 Å². The lowest BCUT2D eigenvalue weighted by molar-refractivity contribution is 0.682. The number of aryl methyl sites for hydroxylation is 1. The molecule has 0 saturated carbocycles. The van der Waals surface area contributed by atoms with Gasteiger partial charge in [-0.05, 0) is 7.05 Å². The van der Waals surface area contributed by atoms with Crippen molar-refractivity contribution in [2.75, 3.05) is 7.05 Å². The molecule has 8 heteroatoms. The molecule has 17 heavy (non-hydrogen) atoms. The van der Waals surface area contributed by atoms with E-state index in [9.17, 15) is 0 Å². The van der Waals surface area contributed by atoms with Crippen LogP contribution in [0.1, 0.15) is 11.6 Å². The Labute approximate surface area is 104 Å². The normalized spacial score (nSPS) is 11.0. The third kappa shape index (κ3) is 2.64. The third-order valence-electron chi connectivity index (χ3n) is 2.40. The van der Waals surface area contributed by atoms with Gasteiger partial charge < -0.3 is 14.5 Å². The van der Waals surface area contributed by atoms with E-state index < -0.39 is 0 Å². The molecule has 2 rings (SSSR count). The predicted octanol–water partition coefficient (Wildman–Crippen LogP) is -0.0447. The molecule has 0 amide bonds. The number of hydrogen-bond acceptors (Lipinski definition) is 6. The minimum atomic E-state index is 0.716. The summed E-state index contributed by atoms with van der Waals surface area (Å²) in [4.78, 5) is 0. The summed E-state index contributed by atoms with van der Waals surface area (Å²) < 4.78 is 3.88. The van der Waals surface area contributed by atoms with E-state index in [1.54, 1.807) is 18.1 Å². The summed E-state index contributed by atoms with van der Waals surface area (Å²) in [6, 6.07) is 0. The SMILES string of the molecule is CNCc1nnc(SCc2nncn2C)n1C. The second-order valence-corrected chi connectivity index (χ2v) is 4.58. The first-order valence-corrected chi connectivity index (χ1v) is 6.19. The summed E-state index contributed by atoms with van der Waals surface area (Å²) in [5, 5.41) is 20.1. The third-order valence-corrected chi connectivity index (χ3v) is 3.41. The Kier molecular flexibility index (Phi) is 3.75. The van der Waals surface area contributed by atoms with Crippen LogP contribution in [0.3, 0.4) is 0 Å². The Morgan fingerprint density at radius 1 is 1.24 bits per heavy atom.